The van der Waals surface area contributed by atoms with Crippen LogP contribution in [0.3, 0.4) is 0 Å². The standard InChI is InChI=1S/C13H19NO2/c1-10-3-4-12(11(2)9-10)5-7-14-13(16)6-8-15/h3-4,9,15H,5-8H2,1-2H3,(H,14,16). The third-order valence-corrected chi connectivity index (χ3v) is 2.55. The molecule has 0 aliphatic heterocycles. The van der Waals surface area contributed by atoms with Gasteiger partial charge in [0.1, 0.15) is 0 Å². The number of rotatable bonds is 5. The van der Waals surface area contributed by atoms with E-state index in [4.69, 9.17) is 5.11 Å². The summed E-state index contributed by atoms with van der Waals surface area (Å²) < 4.78 is 0. The lowest BCUT2D eigenvalue weighted by atomic mass is 10.0. The second-order valence-corrected chi connectivity index (χ2v) is 4.00. The van der Waals surface area contributed by atoms with Gasteiger partial charge in [0.2, 0.25) is 5.91 Å². The van der Waals surface area contributed by atoms with Gasteiger partial charge in [0, 0.05) is 13.0 Å². The molecule has 3 nitrogen and oxygen atoms in total. The van der Waals surface area contributed by atoms with E-state index in [1.165, 1.54) is 16.7 Å². The summed E-state index contributed by atoms with van der Waals surface area (Å²) in [7, 11) is 0. The molecule has 0 fully saturated rings. The fourth-order valence-electron chi connectivity index (χ4n) is 1.65. The first-order chi connectivity index (χ1) is 7.63. The van der Waals surface area contributed by atoms with E-state index in [1.807, 2.05) is 0 Å². The van der Waals surface area contributed by atoms with Crippen molar-refractivity contribution >= 4 is 5.91 Å². The molecule has 1 aromatic carbocycles. The normalized spacial score (nSPS) is 10.2. The number of benzene rings is 1. The molecule has 0 aliphatic rings. The van der Waals surface area contributed by atoms with Crippen LogP contribution in [0.15, 0.2) is 18.2 Å². The summed E-state index contributed by atoms with van der Waals surface area (Å²) in [6, 6.07) is 6.33. The number of amides is 1. The van der Waals surface area contributed by atoms with Crippen LogP contribution in [0.1, 0.15) is 23.1 Å². The van der Waals surface area contributed by atoms with Crippen LogP contribution in [0.5, 0.6) is 0 Å². The lowest BCUT2D eigenvalue weighted by Crippen LogP contribution is -2.26. The van der Waals surface area contributed by atoms with E-state index >= 15 is 0 Å². The molecular formula is C13H19NO2. The van der Waals surface area contributed by atoms with Crippen LogP contribution < -0.4 is 5.32 Å². The summed E-state index contributed by atoms with van der Waals surface area (Å²) >= 11 is 0. The molecule has 1 aromatic rings. The van der Waals surface area contributed by atoms with Crippen molar-refractivity contribution in [1.82, 2.24) is 5.32 Å². The van der Waals surface area contributed by atoms with Crippen molar-refractivity contribution in [2.24, 2.45) is 0 Å². The number of carbonyl (C=O) groups is 1. The number of aliphatic hydroxyl groups excluding tert-OH is 1. The van der Waals surface area contributed by atoms with Gasteiger partial charge in [-0.2, -0.15) is 0 Å². The predicted octanol–water partition coefficient (Wildman–Crippen LogP) is 1.34. The molecule has 3 heteroatoms. The van der Waals surface area contributed by atoms with E-state index in [9.17, 15) is 4.79 Å². The van der Waals surface area contributed by atoms with Crippen molar-refractivity contribution in [2.75, 3.05) is 13.2 Å². The van der Waals surface area contributed by atoms with Gasteiger partial charge in [-0.15, -0.1) is 0 Å². The number of hydrogen-bond acceptors (Lipinski definition) is 2. The topological polar surface area (TPSA) is 49.3 Å². The first-order valence-electron chi connectivity index (χ1n) is 5.57. The molecule has 0 unspecified atom stereocenters. The van der Waals surface area contributed by atoms with E-state index in [1.54, 1.807) is 0 Å². The Balaban J connectivity index is 2.40. The molecule has 0 radical (unpaired) electrons. The maximum Gasteiger partial charge on any atom is 0.222 e. The Kier molecular flexibility index (Phi) is 4.99. The third-order valence-electron chi connectivity index (χ3n) is 2.55. The Morgan fingerprint density at radius 1 is 1.38 bits per heavy atom. The minimum Gasteiger partial charge on any atom is -0.396 e. The van der Waals surface area contributed by atoms with Gasteiger partial charge in [0.05, 0.1) is 6.61 Å². The van der Waals surface area contributed by atoms with Crippen molar-refractivity contribution < 1.29 is 9.90 Å². The molecule has 0 heterocycles. The molecule has 0 atom stereocenters. The Hall–Kier alpha value is -1.35. The number of carbonyl (C=O) groups excluding carboxylic acids is 1. The minimum absolute atomic E-state index is 0.0879. The first kappa shape index (κ1) is 12.7. The smallest absolute Gasteiger partial charge is 0.222 e. The van der Waals surface area contributed by atoms with Gasteiger partial charge in [-0.3, -0.25) is 4.79 Å². The number of aliphatic hydroxyl groups is 1. The lowest BCUT2D eigenvalue weighted by Gasteiger charge is -2.08. The molecule has 0 saturated heterocycles. The van der Waals surface area contributed by atoms with Crippen LogP contribution in [0, 0.1) is 13.8 Å². The number of aryl methyl sites for hydroxylation is 2. The van der Waals surface area contributed by atoms with Crippen molar-refractivity contribution in [3.05, 3.63) is 34.9 Å². The van der Waals surface area contributed by atoms with E-state index in [2.05, 4.69) is 37.4 Å². The molecule has 2 N–H and O–H groups in total. The van der Waals surface area contributed by atoms with Gasteiger partial charge in [0.15, 0.2) is 0 Å². The largest absolute Gasteiger partial charge is 0.396 e. The van der Waals surface area contributed by atoms with Crippen molar-refractivity contribution in [2.45, 2.75) is 26.7 Å². The summed E-state index contributed by atoms with van der Waals surface area (Å²) in [4.78, 5) is 11.1. The zero-order valence-corrected chi connectivity index (χ0v) is 9.92. The van der Waals surface area contributed by atoms with Gasteiger partial charge >= 0.3 is 0 Å². The molecule has 88 valence electrons. The van der Waals surface area contributed by atoms with Gasteiger partial charge in [-0.25, -0.2) is 0 Å². The summed E-state index contributed by atoms with van der Waals surface area (Å²) in [6.45, 7) is 4.69. The second kappa shape index (κ2) is 6.28. The highest BCUT2D eigenvalue weighted by atomic mass is 16.3. The predicted molar refractivity (Wildman–Crippen MR) is 64.3 cm³/mol. The molecule has 0 bridgehead atoms. The Labute approximate surface area is 96.5 Å². The number of hydrogen-bond donors (Lipinski definition) is 2. The highest BCUT2D eigenvalue weighted by Crippen LogP contribution is 2.10. The summed E-state index contributed by atoms with van der Waals surface area (Å²) in [5.41, 5.74) is 3.77. The van der Waals surface area contributed by atoms with Gasteiger partial charge < -0.3 is 10.4 Å². The molecule has 0 aromatic heterocycles. The summed E-state index contributed by atoms with van der Waals surface area (Å²) in [5, 5.41) is 11.3. The summed E-state index contributed by atoms with van der Waals surface area (Å²) in [5.74, 6) is -0.0905. The van der Waals surface area contributed by atoms with Crippen LogP contribution >= 0.6 is 0 Å². The number of nitrogens with one attached hydrogen (secondary N) is 1. The van der Waals surface area contributed by atoms with Crippen molar-refractivity contribution in [3.63, 3.8) is 0 Å². The maximum atomic E-state index is 11.1. The molecular weight excluding hydrogens is 202 g/mol. The van der Waals surface area contributed by atoms with Gasteiger partial charge in [0.25, 0.3) is 0 Å². The van der Waals surface area contributed by atoms with Crippen LogP contribution in [0.25, 0.3) is 0 Å². The Morgan fingerprint density at radius 3 is 2.75 bits per heavy atom. The minimum atomic E-state index is -0.0905. The SMILES string of the molecule is Cc1ccc(CCNC(=O)CCO)c(C)c1. The average Bonchev–Trinajstić information content (AvgIpc) is 2.22. The lowest BCUT2D eigenvalue weighted by molar-refractivity contribution is -0.121. The third kappa shape index (κ3) is 4.03. The molecule has 0 aliphatic carbocycles. The van der Waals surface area contributed by atoms with Crippen LogP contribution in [0.4, 0.5) is 0 Å². The van der Waals surface area contributed by atoms with E-state index in [0.29, 0.717) is 6.54 Å². The van der Waals surface area contributed by atoms with Crippen LogP contribution in [0.2, 0.25) is 0 Å². The molecule has 16 heavy (non-hydrogen) atoms. The van der Waals surface area contributed by atoms with E-state index in [-0.39, 0.29) is 18.9 Å². The highest BCUT2D eigenvalue weighted by molar-refractivity contribution is 5.75. The first-order valence-corrected chi connectivity index (χ1v) is 5.57. The Bertz CT molecular complexity index is 361. The zero-order valence-electron chi connectivity index (χ0n) is 9.92. The van der Waals surface area contributed by atoms with E-state index < -0.39 is 0 Å². The zero-order chi connectivity index (χ0) is 12.0. The summed E-state index contributed by atoms with van der Waals surface area (Å²) in [6.07, 6.45) is 1.02. The maximum absolute atomic E-state index is 11.1. The van der Waals surface area contributed by atoms with Gasteiger partial charge in [-0.05, 0) is 31.4 Å². The van der Waals surface area contributed by atoms with Crippen molar-refractivity contribution in [3.8, 4) is 0 Å². The van der Waals surface area contributed by atoms with Crippen LogP contribution in [-0.2, 0) is 11.2 Å². The monoisotopic (exact) mass is 221 g/mol. The van der Waals surface area contributed by atoms with Crippen molar-refractivity contribution in [1.29, 1.82) is 0 Å². The Morgan fingerprint density at radius 2 is 2.12 bits per heavy atom. The second-order valence-electron chi connectivity index (χ2n) is 4.00. The van der Waals surface area contributed by atoms with E-state index in [0.717, 1.165) is 6.42 Å². The fourth-order valence-corrected chi connectivity index (χ4v) is 1.65. The highest BCUT2D eigenvalue weighted by Gasteiger charge is 2.01. The molecule has 1 amide bonds. The molecule has 0 saturated carbocycles. The molecule has 0 spiro atoms. The average molecular weight is 221 g/mol. The molecule has 1 rings (SSSR count). The van der Waals surface area contributed by atoms with Gasteiger partial charge in [-0.1, -0.05) is 23.8 Å². The fraction of sp³-hybridized carbons (Fsp3) is 0.462. The quantitative estimate of drug-likeness (QED) is 0.788. The van der Waals surface area contributed by atoms with Crippen LogP contribution in [-0.4, -0.2) is 24.2 Å².